The lowest BCUT2D eigenvalue weighted by molar-refractivity contribution is -0.138. The van der Waals surface area contributed by atoms with Crippen LogP contribution < -0.4 is 0 Å². The highest BCUT2D eigenvalue weighted by atomic mass is 16.5. The highest BCUT2D eigenvalue weighted by Gasteiger charge is 2.24. The van der Waals surface area contributed by atoms with Gasteiger partial charge in [-0.05, 0) is 12.8 Å². The van der Waals surface area contributed by atoms with Crippen molar-refractivity contribution in [1.29, 1.82) is 0 Å². The molecule has 1 saturated heterocycles. The third-order valence-electron chi connectivity index (χ3n) is 2.32. The number of rotatable bonds is 3. The first-order valence-corrected chi connectivity index (χ1v) is 4.69. The first kappa shape index (κ1) is 10.5. The second kappa shape index (κ2) is 5.19. The summed E-state index contributed by atoms with van der Waals surface area (Å²) in [5.74, 6) is 0.0963. The molecular formula is C9H17NO3. The van der Waals surface area contributed by atoms with Gasteiger partial charge in [-0.3, -0.25) is 4.79 Å². The van der Waals surface area contributed by atoms with Crippen molar-refractivity contribution < 1.29 is 14.6 Å². The van der Waals surface area contributed by atoms with E-state index in [9.17, 15) is 4.79 Å². The molecule has 0 aromatic rings. The number of amides is 1. The minimum absolute atomic E-state index is 0.00491. The average Bonchev–Trinajstić information content (AvgIpc) is 2.18. The van der Waals surface area contributed by atoms with Gasteiger partial charge < -0.3 is 14.7 Å². The number of ether oxygens (including phenoxy) is 1. The molecule has 0 saturated carbocycles. The highest BCUT2D eigenvalue weighted by Crippen LogP contribution is 2.15. The number of aliphatic hydroxyl groups excluding tert-OH is 1. The van der Waals surface area contributed by atoms with Crippen LogP contribution in [-0.2, 0) is 9.53 Å². The molecule has 0 radical (unpaired) electrons. The molecule has 1 rings (SSSR count). The second-order valence-electron chi connectivity index (χ2n) is 3.40. The summed E-state index contributed by atoms with van der Waals surface area (Å²) < 4.78 is 5.22. The van der Waals surface area contributed by atoms with E-state index in [0.717, 1.165) is 19.4 Å². The molecule has 1 aliphatic heterocycles. The molecule has 13 heavy (non-hydrogen) atoms. The van der Waals surface area contributed by atoms with Gasteiger partial charge in [0.2, 0.25) is 5.91 Å². The SMILES string of the molecule is CN(CCO)C(=O)C1CCCOC1. The second-order valence-corrected chi connectivity index (χ2v) is 3.40. The number of hydrogen-bond acceptors (Lipinski definition) is 3. The minimum Gasteiger partial charge on any atom is -0.395 e. The fourth-order valence-electron chi connectivity index (χ4n) is 1.51. The quantitative estimate of drug-likeness (QED) is 0.669. The summed E-state index contributed by atoms with van der Waals surface area (Å²) >= 11 is 0. The minimum atomic E-state index is 0.00491. The van der Waals surface area contributed by atoms with Crippen molar-refractivity contribution >= 4 is 5.91 Å². The predicted molar refractivity (Wildman–Crippen MR) is 48.3 cm³/mol. The molecule has 1 aliphatic rings. The van der Waals surface area contributed by atoms with Crippen LogP contribution in [0.4, 0.5) is 0 Å². The molecular weight excluding hydrogens is 170 g/mol. The predicted octanol–water partition coefficient (Wildman–Crippen LogP) is -0.136. The first-order chi connectivity index (χ1) is 6.25. The van der Waals surface area contributed by atoms with Crippen LogP contribution in [0, 0.1) is 5.92 Å². The maximum Gasteiger partial charge on any atom is 0.227 e. The van der Waals surface area contributed by atoms with E-state index in [2.05, 4.69) is 0 Å². The van der Waals surface area contributed by atoms with Gasteiger partial charge in [-0.1, -0.05) is 0 Å². The van der Waals surface area contributed by atoms with E-state index in [4.69, 9.17) is 9.84 Å². The van der Waals surface area contributed by atoms with Gasteiger partial charge in [-0.15, -0.1) is 0 Å². The normalized spacial score (nSPS) is 22.8. The fourth-order valence-corrected chi connectivity index (χ4v) is 1.51. The lowest BCUT2D eigenvalue weighted by Gasteiger charge is -2.25. The molecule has 0 aliphatic carbocycles. The molecule has 76 valence electrons. The molecule has 4 nitrogen and oxygen atoms in total. The van der Waals surface area contributed by atoms with E-state index < -0.39 is 0 Å². The van der Waals surface area contributed by atoms with Gasteiger partial charge in [0, 0.05) is 20.2 Å². The lowest BCUT2D eigenvalue weighted by atomic mass is 10.0. The summed E-state index contributed by atoms with van der Waals surface area (Å²) in [4.78, 5) is 13.2. The molecule has 1 atom stereocenters. The molecule has 1 fully saturated rings. The Morgan fingerprint density at radius 3 is 3.00 bits per heavy atom. The van der Waals surface area contributed by atoms with Crippen molar-refractivity contribution in [3.63, 3.8) is 0 Å². The van der Waals surface area contributed by atoms with Crippen molar-refractivity contribution in [3.05, 3.63) is 0 Å². The summed E-state index contributed by atoms with van der Waals surface area (Å²) in [6.07, 6.45) is 1.87. The van der Waals surface area contributed by atoms with E-state index in [1.807, 2.05) is 0 Å². The maximum absolute atomic E-state index is 11.6. The number of carbonyl (C=O) groups is 1. The van der Waals surface area contributed by atoms with Crippen LogP contribution >= 0.6 is 0 Å². The maximum atomic E-state index is 11.6. The fraction of sp³-hybridized carbons (Fsp3) is 0.889. The Kier molecular flexibility index (Phi) is 4.18. The zero-order chi connectivity index (χ0) is 9.68. The Labute approximate surface area is 78.5 Å². The van der Waals surface area contributed by atoms with Gasteiger partial charge in [0.25, 0.3) is 0 Å². The van der Waals surface area contributed by atoms with Crippen LogP contribution in [0.5, 0.6) is 0 Å². The van der Waals surface area contributed by atoms with Crippen molar-refractivity contribution in [1.82, 2.24) is 4.90 Å². The standard InChI is InChI=1S/C9H17NO3/c1-10(4-5-11)9(12)8-3-2-6-13-7-8/h8,11H,2-7H2,1H3. The molecule has 1 amide bonds. The van der Waals surface area contributed by atoms with E-state index in [0.29, 0.717) is 13.2 Å². The third-order valence-corrected chi connectivity index (χ3v) is 2.32. The molecule has 1 heterocycles. The first-order valence-electron chi connectivity index (χ1n) is 4.69. The van der Waals surface area contributed by atoms with Crippen LogP contribution in [0.1, 0.15) is 12.8 Å². The molecule has 0 aromatic heterocycles. The Morgan fingerprint density at radius 2 is 2.46 bits per heavy atom. The Hall–Kier alpha value is -0.610. The van der Waals surface area contributed by atoms with Crippen LogP contribution in [0.2, 0.25) is 0 Å². The molecule has 1 N–H and O–H groups in total. The molecule has 4 heteroatoms. The lowest BCUT2D eigenvalue weighted by Crippen LogP contribution is -2.38. The van der Waals surface area contributed by atoms with Crippen LogP contribution in [0.15, 0.2) is 0 Å². The highest BCUT2D eigenvalue weighted by molar-refractivity contribution is 5.78. The summed E-state index contributed by atoms with van der Waals surface area (Å²) in [6.45, 7) is 1.74. The molecule has 0 aromatic carbocycles. The van der Waals surface area contributed by atoms with Crippen LogP contribution in [0.3, 0.4) is 0 Å². The van der Waals surface area contributed by atoms with Gasteiger partial charge in [-0.25, -0.2) is 0 Å². The van der Waals surface area contributed by atoms with Gasteiger partial charge in [0.1, 0.15) is 0 Å². The van der Waals surface area contributed by atoms with E-state index in [1.54, 1.807) is 11.9 Å². The number of carbonyl (C=O) groups excluding carboxylic acids is 1. The van der Waals surface area contributed by atoms with Gasteiger partial charge >= 0.3 is 0 Å². The van der Waals surface area contributed by atoms with Crippen LogP contribution in [0.25, 0.3) is 0 Å². The van der Waals surface area contributed by atoms with Gasteiger partial charge in [0.15, 0.2) is 0 Å². The Balaban J connectivity index is 2.36. The van der Waals surface area contributed by atoms with Crippen molar-refractivity contribution in [3.8, 4) is 0 Å². The molecule has 1 unspecified atom stereocenters. The smallest absolute Gasteiger partial charge is 0.227 e. The van der Waals surface area contributed by atoms with E-state index in [1.165, 1.54) is 0 Å². The third kappa shape index (κ3) is 2.97. The number of nitrogens with zero attached hydrogens (tertiary/aromatic N) is 1. The summed E-state index contributed by atoms with van der Waals surface area (Å²) in [5, 5.41) is 8.66. The summed E-state index contributed by atoms with van der Waals surface area (Å²) in [6, 6.07) is 0. The molecule has 0 spiro atoms. The summed E-state index contributed by atoms with van der Waals surface area (Å²) in [5.41, 5.74) is 0. The number of aliphatic hydroxyl groups is 1. The van der Waals surface area contributed by atoms with Crippen molar-refractivity contribution in [2.75, 3.05) is 33.4 Å². The molecule has 0 bridgehead atoms. The Morgan fingerprint density at radius 1 is 1.69 bits per heavy atom. The van der Waals surface area contributed by atoms with Gasteiger partial charge in [0.05, 0.1) is 19.1 Å². The largest absolute Gasteiger partial charge is 0.395 e. The van der Waals surface area contributed by atoms with E-state index >= 15 is 0 Å². The average molecular weight is 187 g/mol. The van der Waals surface area contributed by atoms with Crippen LogP contribution in [-0.4, -0.2) is 49.3 Å². The van der Waals surface area contributed by atoms with Crippen molar-refractivity contribution in [2.24, 2.45) is 5.92 Å². The number of hydrogen-bond donors (Lipinski definition) is 1. The zero-order valence-electron chi connectivity index (χ0n) is 8.03. The van der Waals surface area contributed by atoms with Crippen molar-refractivity contribution in [2.45, 2.75) is 12.8 Å². The van der Waals surface area contributed by atoms with E-state index in [-0.39, 0.29) is 18.4 Å². The summed E-state index contributed by atoms with van der Waals surface area (Å²) in [7, 11) is 1.72. The topological polar surface area (TPSA) is 49.8 Å². The zero-order valence-corrected chi connectivity index (χ0v) is 8.03. The monoisotopic (exact) mass is 187 g/mol. The Bertz CT molecular complexity index is 166. The number of likely N-dealkylation sites (N-methyl/N-ethyl adjacent to an activating group) is 1. The van der Waals surface area contributed by atoms with Gasteiger partial charge in [-0.2, -0.15) is 0 Å².